The van der Waals surface area contributed by atoms with Gasteiger partial charge in [0.1, 0.15) is 5.75 Å². The number of carbonyl (C=O) groups is 2. The Morgan fingerprint density at radius 1 is 1.09 bits per heavy atom. The number of amides is 2. The Hall–Kier alpha value is -2.95. The second-order valence-corrected chi connectivity index (χ2v) is 10.1. The van der Waals surface area contributed by atoms with Crippen molar-refractivity contribution in [3.63, 3.8) is 0 Å². The highest BCUT2D eigenvalue weighted by atomic mass is 32.2. The monoisotopic (exact) mass is 473 g/mol. The average molecular weight is 474 g/mol. The van der Waals surface area contributed by atoms with Gasteiger partial charge in [0.2, 0.25) is 15.9 Å². The van der Waals surface area contributed by atoms with Crippen LogP contribution < -0.4 is 15.4 Å². The first-order valence-corrected chi connectivity index (χ1v) is 12.3. The first kappa shape index (κ1) is 23.2. The van der Waals surface area contributed by atoms with Crippen LogP contribution in [0.15, 0.2) is 47.4 Å². The summed E-state index contributed by atoms with van der Waals surface area (Å²) >= 11 is 0. The van der Waals surface area contributed by atoms with E-state index in [0.717, 1.165) is 18.4 Å². The Morgan fingerprint density at radius 2 is 1.85 bits per heavy atom. The molecule has 2 aliphatic rings. The Labute approximate surface area is 193 Å². The van der Waals surface area contributed by atoms with Crippen molar-refractivity contribution in [2.24, 2.45) is 5.92 Å². The van der Waals surface area contributed by atoms with Crippen LogP contribution in [0.3, 0.4) is 0 Å². The minimum absolute atomic E-state index is 0.00715. The Kier molecular flexibility index (Phi) is 6.96. The van der Waals surface area contributed by atoms with E-state index in [4.69, 9.17) is 9.47 Å². The van der Waals surface area contributed by atoms with Crippen molar-refractivity contribution >= 4 is 33.2 Å². The molecule has 1 aliphatic carbocycles. The molecule has 2 fully saturated rings. The second kappa shape index (κ2) is 9.90. The predicted octanol–water partition coefficient (Wildman–Crippen LogP) is 2.38. The molecular formula is C23H27N3O6S. The van der Waals surface area contributed by atoms with Gasteiger partial charge in [-0.15, -0.1) is 0 Å². The third-order valence-corrected chi connectivity index (χ3v) is 7.41. The van der Waals surface area contributed by atoms with Gasteiger partial charge >= 0.3 is 0 Å². The van der Waals surface area contributed by atoms with Gasteiger partial charge in [-0.2, -0.15) is 4.31 Å². The third kappa shape index (κ3) is 5.89. The van der Waals surface area contributed by atoms with E-state index >= 15 is 0 Å². The highest BCUT2D eigenvalue weighted by Gasteiger charge is 2.29. The summed E-state index contributed by atoms with van der Waals surface area (Å²) in [5.74, 6) is 0.101. The van der Waals surface area contributed by atoms with Gasteiger partial charge in [-0.3, -0.25) is 9.59 Å². The molecule has 1 saturated carbocycles. The van der Waals surface area contributed by atoms with E-state index in [1.165, 1.54) is 16.4 Å². The minimum atomic E-state index is -3.67. The maximum Gasteiger partial charge on any atom is 0.262 e. The van der Waals surface area contributed by atoms with Crippen molar-refractivity contribution in [2.75, 3.05) is 43.5 Å². The van der Waals surface area contributed by atoms with E-state index in [1.807, 2.05) is 0 Å². The molecule has 2 aromatic rings. The van der Waals surface area contributed by atoms with E-state index in [1.54, 1.807) is 37.3 Å². The fourth-order valence-corrected chi connectivity index (χ4v) is 4.86. The molecule has 4 rings (SSSR count). The van der Waals surface area contributed by atoms with Crippen LogP contribution in [0.5, 0.6) is 5.75 Å². The smallest absolute Gasteiger partial charge is 0.262 e. The molecule has 0 bridgehead atoms. The summed E-state index contributed by atoms with van der Waals surface area (Å²) in [7, 11) is -3.67. The summed E-state index contributed by atoms with van der Waals surface area (Å²) in [5, 5.41) is 5.56. The molecule has 0 atom stereocenters. The summed E-state index contributed by atoms with van der Waals surface area (Å²) in [6, 6.07) is 11.5. The van der Waals surface area contributed by atoms with Gasteiger partial charge in [0.25, 0.3) is 5.91 Å². The fraction of sp³-hybridized carbons (Fsp3) is 0.391. The Morgan fingerprint density at radius 3 is 2.58 bits per heavy atom. The van der Waals surface area contributed by atoms with Crippen LogP contribution in [0.4, 0.5) is 11.4 Å². The minimum Gasteiger partial charge on any atom is -0.484 e. The summed E-state index contributed by atoms with van der Waals surface area (Å²) < 4.78 is 38.0. The van der Waals surface area contributed by atoms with Crippen LogP contribution in [0.25, 0.3) is 0 Å². The van der Waals surface area contributed by atoms with Crippen LogP contribution in [-0.2, 0) is 24.3 Å². The maximum absolute atomic E-state index is 12.9. The third-order valence-electron chi connectivity index (χ3n) is 5.51. The number of benzene rings is 2. The summed E-state index contributed by atoms with van der Waals surface area (Å²) in [6.07, 6.45) is 1.83. The first-order valence-electron chi connectivity index (χ1n) is 10.8. The topological polar surface area (TPSA) is 114 Å². The van der Waals surface area contributed by atoms with E-state index in [9.17, 15) is 18.0 Å². The zero-order valence-electron chi connectivity index (χ0n) is 18.4. The van der Waals surface area contributed by atoms with Crippen molar-refractivity contribution < 1.29 is 27.5 Å². The second-order valence-electron chi connectivity index (χ2n) is 8.12. The number of rotatable bonds is 8. The van der Waals surface area contributed by atoms with E-state index < -0.39 is 15.9 Å². The quantitative estimate of drug-likeness (QED) is 0.609. The number of sulfonamides is 1. The van der Waals surface area contributed by atoms with Crippen molar-refractivity contribution in [1.82, 2.24) is 4.31 Å². The molecule has 176 valence electrons. The van der Waals surface area contributed by atoms with Crippen LogP contribution in [0, 0.1) is 12.8 Å². The van der Waals surface area contributed by atoms with Gasteiger partial charge in [0.15, 0.2) is 6.61 Å². The van der Waals surface area contributed by atoms with Crippen LogP contribution in [0.1, 0.15) is 18.4 Å². The lowest BCUT2D eigenvalue weighted by Gasteiger charge is -2.26. The standard InChI is InChI=1S/C23H27N3O6S/c1-16-5-8-20(33(29,30)26-9-11-31-12-10-26)14-21(16)25-22(27)15-32-19-4-2-3-18(13-19)24-23(28)17-6-7-17/h2-5,8,13-14,17H,6-7,9-12,15H2,1H3,(H,24,28)(H,25,27). The van der Waals surface area contributed by atoms with Gasteiger partial charge in [0, 0.05) is 36.4 Å². The SMILES string of the molecule is Cc1ccc(S(=O)(=O)N2CCOCC2)cc1NC(=O)COc1cccc(NC(=O)C2CC2)c1. The summed E-state index contributed by atoms with van der Waals surface area (Å²) in [4.78, 5) is 24.5. The molecule has 0 unspecified atom stereocenters. The molecule has 1 heterocycles. The van der Waals surface area contributed by atoms with E-state index in [-0.39, 0.29) is 23.3 Å². The number of nitrogens with zero attached hydrogens (tertiary/aromatic N) is 1. The number of ether oxygens (including phenoxy) is 2. The van der Waals surface area contributed by atoms with Crippen molar-refractivity contribution in [1.29, 1.82) is 0 Å². The molecule has 0 aromatic heterocycles. The van der Waals surface area contributed by atoms with Gasteiger partial charge < -0.3 is 20.1 Å². The number of hydrogen-bond donors (Lipinski definition) is 2. The molecule has 2 amide bonds. The number of morpholine rings is 1. The van der Waals surface area contributed by atoms with Crippen LogP contribution in [-0.4, -0.2) is 57.4 Å². The molecule has 2 N–H and O–H groups in total. The summed E-state index contributed by atoms with van der Waals surface area (Å²) in [5.41, 5.74) is 1.75. The number of anilines is 2. The lowest BCUT2D eigenvalue weighted by molar-refractivity contribution is -0.118. The Bertz CT molecular complexity index is 1140. The van der Waals surface area contributed by atoms with Crippen molar-refractivity contribution in [3.8, 4) is 5.75 Å². The molecular weight excluding hydrogens is 446 g/mol. The molecule has 10 heteroatoms. The predicted molar refractivity (Wildman–Crippen MR) is 123 cm³/mol. The molecule has 2 aromatic carbocycles. The van der Waals surface area contributed by atoms with E-state index in [2.05, 4.69) is 10.6 Å². The van der Waals surface area contributed by atoms with E-state index in [0.29, 0.717) is 43.4 Å². The highest BCUT2D eigenvalue weighted by molar-refractivity contribution is 7.89. The molecule has 1 saturated heterocycles. The lowest BCUT2D eigenvalue weighted by Crippen LogP contribution is -2.40. The van der Waals surface area contributed by atoms with Crippen LogP contribution >= 0.6 is 0 Å². The number of hydrogen-bond acceptors (Lipinski definition) is 6. The lowest BCUT2D eigenvalue weighted by atomic mass is 10.2. The number of nitrogens with one attached hydrogen (secondary N) is 2. The van der Waals surface area contributed by atoms with Crippen molar-refractivity contribution in [3.05, 3.63) is 48.0 Å². The number of carbonyl (C=O) groups excluding carboxylic acids is 2. The fourth-order valence-electron chi connectivity index (χ4n) is 3.42. The first-order chi connectivity index (χ1) is 15.8. The zero-order chi connectivity index (χ0) is 23.4. The average Bonchev–Trinajstić information content (AvgIpc) is 3.66. The van der Waals surface area contributed by atoms with Crippen LogP contribution in [0.2, 0.25) is 0 Å². The summed E-state index contributed by atoms with van der Waals surface area (Å²) in [6.45, 7) is 2.83. The van der Waals surface area contributed by atoms with Gasteiger partial charge in [-0.05, 0) is 49.6 Å². The molecule has 1 aliphatic heterocycles. The molecule has 33 heavy (non-hydrogen) atoms. The van der Waals surface area contributed by atoms with Crippen molar-refractivity contribution in [2.45, 2.75) is 24.7 Å². The zero-order valence-corrected chi connectivity index (χ0v) is 19.2. The molecule has 0 spiro atoms. The largest absolute Gasteiger partial charge is 0.484 e. The molecule has 9 nitrogen and oxygen atoms in total. The molecule has 0 radical (unpaired) electrons. The van der Waals surface area contributed by atoms with Gasteiger partial charge in [0.05, 0.1) is 18.1 Å². The Balaban J connectivity index is 1.37. The highest BCUT2D eigenvalue weighted by Crippen LogP contribution is 2.30. The van der Waals surface area contributed by atoms with Gasteiger partial charge in [-0.1, -0.05) is 12.1 Å². The number of aryl methyl sites for hydroxylation is 1. The van der Waals surface area contributed by atoms with Gasteiger partial charge in [-0.25, -0.2) is 8.42 Å². The normalized spacial score (nSPS) is 16.8. The maximum atomic E-state index is 12.9.